The van der Waals surface area contributed by atoms with Crippen LogP contribution in [0.15, 0.2) is 11.6 Å². The molecular weight excluding hydrogens is 232 g/mol. The van der Waals surface area contributed by atoms with E-state index in [-0.39, 0.29) is 11.1 Å². The van der Waals surface area contributed by atoms with Crippen LogP contribution in [0.3, 0.4) is 0 Å². The van der Waals surface area contributed by atoms with Crippen LogP contribution in [0, 0.1) is 0 Å². The van der Waals surface area contributed by atoms with Gasteiger partial charge in [-0.15, -0.1) is 11.6 Å². The van der Waals surface area contributed by atoms with Crippen molar-refractivity contribution in [3.8, 4) is 0 Å². The molecule has 2 nitrogen and oxygen atoms in total. The van der Waals surface area contributed by atoms with Crippen molar-refractivity contribution >= 4 is 21.4 Å². The first-order chi connectivity index (χ1) is 6.72. The van der Waals surface area contributed by atoms with E-state index in [9.17, 15) is 8.42 Å². The smallest absolute Gasteiger partial charge is 0.155 e. The molecule has 1 aliphatic carbocycles. The van der Waals surface area contributed by atoms with Crippen LogP contribution < -0.4 is 0 Å². The van der Waals surface area contributed by atoms with Crippen LogP contribution in [0.2, 0.25) is 0 Å². The highest BCUT2D eigenvalue weighted by atomic mass is 35.5. The van der Waals surface area contributed by atoms with E-state index in [0.717, 1.165) is 12.8 Å². The third-order valence-electron chi connectivity index (χ3n) is 2.78. The highest BCUT2D eigenvalue weighted by molar-refractivity contribution is 7.92. The molecule has 15 heavy (non-hydrogen) atoms. The second-order valence-electron chi connectivity index (χ2n) is 5.06. The van der Waals surface area contributed by atoms with E-state index in [4.69, 9.17) is 11.6 Å². The van der Waals surface area contributed by atoms with Crippen LogP contribution >= 0.6 is 11.6 Å². The molecule has 0 heterocycles. The minimum absolute atomic E-state index is 0.109. The Hall–Kier alpha value is -0.0200. The summed E-state index contributed by atoms with van der Waals surface area (Å²) in [5.41, 5.74) is 1.20. The molecule has 88 valence electrons. The molecular formula is C11H19ClO2S. The lowest BCUT2D eigenvalue weighted by Crippen LogP contribution is -2.30. The lowest BCUT2D eigenvalue weighted by Gasteiger charge is -2.19. The van der Waals surface area contributed by atoms with Crippen LogP contribution in [-0.2, 0) is 9.84 Å². The van der Waals surface area contributed by atoms with Gasteiger partial charge in [0.05, 0.1) is 15.9 Å². The first-order valence-electron chi connectivity index (χ1n) is 5.28. The topological polar surface area (TPSA) is 34.1 Å². The molecule has 0 N–H and O–H groups in total. The molecule has 0 radical (unpaired) electrons. The van der Waals surface area contributed by atoms with Gasteiger partial charge in [0.1, 0.15) is 0 Å². The maximum absolute atomic E-state index is 11.8. The Kier molecular flexibility index (Phi) is 3.88. The molecule has 0 aromatic heterocycles. The van der Waals surface area contributed by atoms with Crippen molar-refractivity contribution in [3.05, 3.63) is 11.6 Å². The Morgan fingerprint density at radius 1 is 1.47 bits per heavy atom. The number of rotatable bonds is 3. The molecule has 0 fully saturated rings. The van der Waals surface area contributed by atoms with Crippen LogP contribution in [0.25, 0.3) is 0 Å². The minimum atomic E-state index is -2.99. The van der Waals surface area contributed by atoms with Gasteiger partial charge in [-0.25, -0.2) is 8.42 Å². The van der Waals surface area contributed by atoms with Crippen LogP contribution in [0.1, 0.15) is 40.0 Å². The fraction of sp³-hybridized carbons (Fsp3) is 0.818. The second-order valence-corrected chi connectivity index (χ2v) is 8.48. The highest BCUT2D eigenvalue weighted by Crippen LogP contribution is 2.27. The molecule has 1 rings (SSSR count). The number of hydrogen-bond acceptors (Lipinski definition) is 2. The SMILES string of the molecule is CC(C)(C)S(=O)(=O)CCC1=CC(Cl)CC1. The average molecular weight is 251 g/mol. The average Bonchev–Trinajstić information content (AvgIpc) is 2.46. The molecule has 1 aliphatic rings. The molecule has 0 aromatic carbocycles. The standard InChI is InChI=1S/C11H19ClO2S/c1-11(2,3)15(13,14)7-6-9-4-5-10(12)8-9/h8,10H,4-7H2,1-3H3. The fourth-order valence-corrected chi connectivity index (χ4v) is 2.96. The van der Waals surface area contributed by atoms with Gasteiger partial charge < -0.3 is 0 Å². The van der Waals surface area contributed by atoms with Crippen LogP contribution in [0.4, 0.5) is 0 Å². The molecule has 0 bridgehead atoms. The van der Waals surface area contributed by atoms with E-state index in [1.165, 1.54) is 5.57 Å². The zero-order valence-electron chi connectivity index (χ0n) is 9.59. The molecule has 0 saturated carbocycles. The number of sulfone groups is 1. The lowest BCUT2D eigenvalue weighted by molar-refractivity contribution is 0.559. The fourth-order valence-electron chi connectivity index (χ4n) is 1.53. The van der Waals surface area contributed by atoms with Gasteiger partial charge in [-0.2, -0.15) is 0 Å². The van der Waals surface area contributed by atoms with Gasteiger partial charge in [-0.05, 0) is 40.0 Å². The predicted octanol–water partition coefficient (Wildman–Crippen LogP) is 2.92. The van der Waals surface area contributed by atoms with Crippen LogP contribution in [-0.4, -0.2) is 24.3 Å². The Balaban J connectivity index is 2.55. The third-order valence-corrected chi connectivity index (χ3v) is 5.73. The summed E-state index contributed by atoms with van der Waals surface area (Å²) in [6, 6.07) is 0. The summed E-state index contributed by atoms with van der Waals surface area (Å²) >= 11 is 5.92. The second kappa shape index (κ2) is 4.46. The first kappa shape index (κ1) is 13.0. The van der Waals surface area contributed by atoms with E-state index in [2.05, 4.69) is 0 Å². The van der Waals surface area contributed by atoms with Crippen molar-refractivity contribution in [2.24, 2.45) is 0 Å². The third kappa shape index (κ3) is 3.49. The Morgan fingerprint density at radius 3 is 2.47 bits per heavy atom. The summed E-state index contributed by atoms with van der Waals surface area (Å²) < 4.78 is 23.0. The predicted molar refractivity (Wildman–Crippen MR) is 65.1 cm³/mol. The van der Waals surface area contributed by atoms with E-state index in [1.54, 1.807) is 20.8 Å². The maximum atomic E-state index is 11.8. The lowest BCUT2D eigenvalue weighted by atomic mass is 10.2. The zero-order chi connectivity index (χ0) is 11.7. The van der Waals surface area contributed by atoms with Gasteiger partial charge in [0.25, 0.3) is 0 Å². The Bertz CT molecular complexity index is 349. The number of alkyl halides is 1. The molecule has 0 aliphatic heterocycles. The summed E-state index contributed by atoms with van der Waals surface area (Å²) in [7, 11) is -2.99. The van der Waals surface area contributed by atoms with Crippen LogP contribution in [0.5, 0.6) is 0 Å². The molecule has 4 heteroatoms. The van der Waals surface area contributed by atoms with Crippen molar-refractivity contribution < 1.29 is 8.42 Å². The van der Waals surface area contributed by atoms with Gasteiger partial charge in [0.2, 0.25) is 0 Å². The molecule has 0 spiro atoms. The number of halogens is 1. The quantitative estimate of drug-likeness (QED) is 0.570. The summed E-state index contributed by atoms with van der Waals surface area (Å²) in [4.78, 5) is 0. The Labute approximate surface area is 97.6 Å². The van der Waals surface area contributed by atoms with Gasteiger partial charge in [0.15, 0.2) is 9.84 Å². The molecule has 1 atom stereocenters. The van der Waals surface area contributed by atoms with Gasteiger partial charge in [0, 0.05) is 0 Å². The van der Waals surface area contributed by atoms with Crippen molar-refractivity contribution in [2.75, 3.05) is 5.75 Å². The summed E-state index contributed by atoms with van der Waals surface area (Å²) in [5.74, 6) is 0.242. The first-order valence-corrected chi connectivity index (χ1v) is 7.37. The number of allylic oxidation sites excluding steroid dienone is 2. The summed E-state index contributed by atoms with van der Waals surface area (Å²) in [5, 5.41) is 0.109. The van der Waals surface area contributed by atoms with E-state index in [1.807, 2.05) is 6.08 Å². The van der Waals surface area contributed by atoms with Crippen molar-refractivity contribution in [2.45, 2.75) is 50.2 Å². The van der Waals surface area contributed by atoms with Crippen molar-refractivity contribution in [3.63, 3.8) is 0 Å². The maximum Gasteiger partial charge on any atom is 0.155 e. The normalized spacial score (nSPS) is 22.9. The minimum Gasteiger partial charge on any atom is -0.228 e. The largest absolute Gasteiger partial charge is 0.228 e. The van der Waals surface area contributed by atoms with Gasteiger partial charge in [-0.3, -0.25) is 0 Å². The van der Waals surface area contributed by atoms with Gasteiger partial charge >= 0.3 is 0 Å². The van der Waals surface area contributed by atoms with E-state index < -0.39 is 14.6 Å². The van der Waals surface area contributed by atoms with Gasteiger partial charge in [-0.1, -0.05) is 11.6 Å². The molecule has 1 unspecified atom stereocenters. The summed E-state index contributed by atoms with van der Waals surface area (Å²) in [6.07, 6.45) is 4.54. The molecule has 0 aromatic rings. The van der Waals surface area contributed by atoms with E-state index in [0.29, 0.717) is 6.42 Å². The number of hydrogen-bond donors (Lipinski definition) is 0. The van der Waals surface area contributed by atoms with Crippen molar-refractivity contribution in [1.29, 1.82) is 0 Å². The highest BCUT2D eigenvalue weighted by Gasteiger charge is 2.29. The van der Waals surface area contributed by atoms with Crippen molar-refractivity contribution in [1.82, 2.24) is 0 Å². The monoisotopic (exact) mass is 250 g/mol. The zero-order valence-corrected chi connectivity index (χ0v) is 11.2. The Morgan fingerprint density at radius 2 is 2.07 bits per heavy atom. The van der Waals surface area contributed by atoms with E-state index >= 15 is 0 Å². The molecule has 0 saturated heterocycles. The molecule has 0 amide bonds. The summed E-state index contributed by atoms with van der Waals surface area (Å²) in [6.45, 7) is 5.24.